The number of hydrogen-bond donors (Lipinski definition) is 1. The minimum absolute atomic E-state index is 0.488. The van der Waals surface area contributed by atoms with Gasteiger partial charge in [0.2, 0.25) is 0 Å². The van der Waals surface area contributed by atoms with Crippen molar-refractivity contribution in [3.05, 3.63) is 22.9 Å². The largest absolute Gasteiger partial charge is 0.401 e. The number of allylic oxidation sites excluding steroid dienone is 4. The lowest BCUT2D eigenvalue weighted by atomic mass is 9.84. The molecule has 0 aromatic heterocycles. The standard InChI is InChI=1S/C11H16N2/c1-8-5-3-4-6-10(8)11(7-12)9(2)13/h6,8H,3-5,13H2,1-2H3/b11-9+. The molecule has 2 heteroatoms. The highest BCUT2D eigenvalue weighted by Gasteiger charge is 2.17. The predicted octanol–water partition coefficient (Wildman–Crippen LogP) is 2.49. The van der Waals surface area contributed by atoms with Gasteiger partial charge in [0, 0.05) is 5.70 Å². The van der Waals surface area contributed by atoms with E-state index in [1.54, 1.807) is 6.92 Å². The third kappa shape index (κ3) is 2.12. The summed E-state index contributed by atoms with van der Waals surface area (Å²) in [5, 5.41) is 8.94. The molecule has 0 spiro atoms. The highest BCUT2D eigenvalue weighted by molar-refractivity contribution is 5.45. The van der Waals surface area contributed by atoms with Gasteiger partial charge >= 0.3 is 0 Å². The smallest absolute Gasteiger partial charge is 0.101 e. The van der Waals surface area contributed by atoms with Crippen LogP contribution in [0, 0.1) is 17.2 Å². The summed E-state index contributed by atoms with van der Waals surface area (Å²) in [5.41, 5.74) is 8.13. The third-order valence-corrected chi connectivity index (χ3v) is 2.53. The van der Waals surface area contributed by atoms with Gasteiger partial charge in [0.1, 0.15) is 6.07 Å². The Hall–Kier alpha value is -1.23. The van der Waals surface area contributed by atoms with Gasteiger partial charge in [-0.1, -0.05) is 13.0 Å². The Bertz CT molecular complexity index is 288. The zero-order chi connectivity index (χ0) is 9.84. The fourth-order valence-corrected chi connectivity index (χ4v) is 1.77. The van der Waals surface area contributed by atoms with Crippen LogP contribution in [0.3, 0.4) is 0 Å². The average Bonchev–Trinajstić information content (AvgIpc) is 2.09. The van der Waals surface area contributed by atoms with Gasteiger partial charge in [-0.2, -0.15) is 5.26 Å². The van der Waals surface area contributed by atoms with E-state index < -0.39 is 0 Å². The summed E-state index contributed by atoms with van der Waals surface area (Å²) in [6.07, 6.45) is 5.64. The van der Waals surface area contributed by atoms with E-state index in [0.717, 1.165) is 12.0 Å². The van der Waals surface area contributed by atoms with Crippen LogP contribution in [-0.4, -0.2) is 0 Å². The summed E-state index contributed by atoms with van der Waals surface area (Å²) in [6.45, 7) is 3.95. The summed E-state index contributed by atoms with van der Waals surface area (Å²) in [7, 11) is 0. The van der Waals surface area contributed by atoms with Crippen molar-refractivity contribution < 1.29 is 0 Å². The monoisotopic (exact) mass is 176 g/mol. The highest BCUT2D eigenvalue weighted by Crippen LogP contribution is 2.29. The van der Waals surface area contributed by atoms with Gasteiger partial charge in [-0.05, 0) is 37.7 Å². The first-order valence-corrected chi connectivity index (χ1v) is 4.73. The Morgan fingerprint density at radius 3 is 2.85 bits per heavy atom. The van der Waals surface area contributed by atoms with E-state index in [0.29, 0.717) is 17.2 Å². The number of hydrogen-bond acceptors (Lipinski definition) is 2. The van der Waals surface area contributed by atoms with Gasteiger partial charge in [0.05, 0.1) is 5.57 Å². The van der Waals surface area contributed by atoms with Gasteiger partial charge in [0.15, 0.2) is 0 Å². The number of rotatable bonds is 1. The highest BCUT2D eigenvalue weighted by atomic mass is 14.6. The number of nitrogens with two attached hydrogens (primary N) is 1. The van der Waals surface area contributed by atoms with Gasteiger partial charge in [-0.3, -0.25) is 0 Å². The van der Waals surface area contributed by atoms with Gasteiger partial charge in [0.25, 0.3) is 0 Å². The summed E-state index contributed by atoms with van der Waals surface area (Å²) >= 11 is 0. The minimum atomic E-state index is 0.488. The van der Waals surface area contributed by atoms with Crippen LogP contribution in [0.5, 0.6) is 0 Å². The van der Waals surface area contributed by atoms with E-state index in [1.165, 1.54) is 12.8 Å². The fourth-order valence-electron chi connectivity index (χ4n) is 1.77. The Labute approximate surface area is 79.7 Å². The zero-order valence-corrected chi connectivity index (χ0v) is 8.30. The van der Waals surface area contributed by atoms with Gasteiger partial charge < -0.3 is 5.73 Å². The van der Waals surface area contributed by atoms with Crippen molar-refractivity contribution in [1.82, 2.24) is 0 Å². The molecule has 70 valence electrons. The van der Waals surface area contributed by atoms with Crippen LogP contribution in [0.15, 0.2) is 22.9 Å². The van der Waals surface area contributed by atoms with E-state index >= 15 is 0 Å². The van der Waals surface area contributed by atoms with E-state index in [4.69, 9.17) is 11.0 Å². The van der Waals surface area contributed by atoms with E-state index in [-0.39, 0.29) is 0 Å². The SMILES string of the molecule is C/C(N)=C(/C#N)C1=CCCCC1C. The van der Waals surface area contributed by atoms with Crippen molar-refractivity contribution in [3.63, 3.8) is 0 Å². The molecule has 0 heterocycles. The van der Waals surface area contributed by atoms with E-state index in [1.807, 2.05) is 0 Å². The molecule has 1 aliphatic carbocycles. The molecule has 0 saturated carbocycles. The summed E-state index contributed by atoms with van der Waals surface area (Å²) in [6, 6.07) is 2.19. The second-order valence-corrected chi connectivity index (χ2v) is 3.66. The normalized spacial score (nSPS) is 24.4. The predicted molar refractivity (Wildman–Crippen MR) is 53.6 cm³/mol. The Balaban J connectivity index is 3.00. The molecular weight excluding hydrogens is 160 g/mol. The van der Waals surface area contributed by atoms with Crippen molar-refractivity contribution in [2.24, 2.45) is 11.7 Å². The molecule has 1 rings (SSSR count). The van der Waals surface area contributed by atoms with Crippen LogP contribution in [0.25, 0.3) is 0 Å². The summed E-state index contributed by atoms with van der Waals surface area (Å²) in [5.74, 6) is 0.488. The van der Waals surface area contributed by atoms with Crippen molar-refractivity contribution in [2.45, 2.75) is 33.1 Å². The topological polar surface area (TPSA) is 49.8 Å². The van der Waals surface area contributed by atoms with Gasteiger partial charge in [-0.15, -0.1) is 0 Å². The summed E-state index contributed by atoms with van der Waals surface area (Å²) in [4.78, 5) is 0. The van der Waals surface area contributed by atoms with Crippen LogP contribution in [0.4, 0.5) is 0 Å². The maximum Gasteiger partial charge on any atom is 0.101 e. The Kier molecular flexibility index (Phi) is 3.13. The van der Waals surface area contributed by atoms with Gasteiger partial charge in [-0.25, -0.2) is 0 Å². The first-order valence-electron chi connectivity index (χ1n) is 4.73. The molecule has 0 bridgehead atoms. The quantitative estimate of drug-likeness (QED) is 0.624. The van der Waals surface area contributed by atoms with Crippen LogP contribution < -0.4 is 5.73 Å². The molecule has 0 amide bonds. The zero-order valence-electron chi connectivity index (χ0n) is 8.30. The summed E-state index contributed by atoms with van der Waals surface area (Å²) < 4.78 is 0. The van der Waals surface area contributed by atoms with Crippen LogP contribution in [-0.2, 0) is 0 Å². The molecule has 0 saturated heterocycles. The molecule has 0 aromatic carbocycles. The Morgan fingerprint density at radius 2 is 2.38 bits per heavy atom. The lowest BCUT2D eigenvalue weighted by molar-refractivity contribution is 0.559. The number of nitriles is 1. The molecule has 2 nitrogen and oxygen atoms in total. The Morgan fingerprint density at radius 1 is 1.69 bits per heavy atom. The molecule has 0 fully saturated rings. The van der Waals surface area contributed by atoms with Crippen molar-refractivity contribution in [2.75, 3.05) is 0 Å². The maximum absolute atomic E-state index is 8.94. The van der Waals surface area contributed by atoms with Crippen molar-refractivity contribution in [3.8, 4) is 6.07 Å². The average molecular weight is 176 g/mol. The third-order valence-electron chi connectivity index (χ3n) is 2.53. The lowest BCUT2D eigenvalue weighted by Gasteiger charge is -2.20. The van der Waals surface area contributed by atoms with Crippen LogP contribution in [0.2, 0.25) is 0 Å². The molecule has 0 radical (unpaired) electrons. The molecule has 1 unspecified atom stereocenters. The second kappa shape index (κ2) is 4.13. The van der Waals surface area contributed by atoms with E-state index in [9.17, 15) is 0 Å². The first kappa shape index (κ1) is 9.85. The van der Waals surface area contributed by atoms with Crippen molar-refractivity contribution in [1.29, 1.82) is 5.26 Å². The van der Waals surface area contributed by atoms with Crippen LogP contribution >= 0.6 is 0 Å². The molecule has 1 atom stereocenters. The molecule has 1 aliphatic rings. The molecule has 0 aliphatic heterocycles. The molecule has 0 aromatic rings. The van der Waals surface area contributed by atoms with Crippen LogP contribution in [0.1, 0.15) is 33.1 Å². The minimum Gasteiger partial charge on any atom is -0.401 e. The van der Waals surface area contributed by atoms with Crippen molar-refractivity contribution >= 4 is 0 Å². The second-order valence-electron chi connectivity index (χ2n) is 3.66. The maximum atomic E-state index is 8.94. The number of nitrogens with zero attached hydrogens (tertiary/aromatic N) is 1. The van der Waals surface area contributed by atoms with E-state index in [2.05, 4.69) is 19.1 Å². The lowest BCUT2D eigenvalue weighted by Crippen LogP contribution is -2.09. The molecule has 13 heavy (non-hydrogen) atoms. The first-order chi connectivity index (χ1) is 6.16. The fraction of sp³-hybridized carbons (Fsp3) is 0.545. The molecular formula is C11H16N2. The molecule has 2 N–H and O–H groups in total.